The Labute approximate surface area is 173 Å². The van der Waals surface area contributed by atoms with Crippen LogP contribution in [0.2, 0.25) is 0 Å². The molecular formula is C23H18N6O. The van der Waals surface area contributed by atoms with E-state index in [1.54, 1.807) is 23.0 Å². The van der Waals surface area contributed by atoms with Gasteiger partial charge in [-0.05, 0) is 29.3 Å². The number of nitrogens with one attached hydrogen (secondary N) is 2. The van der Waals surface area contributed by atoms with Gasteiger partial charge in [-0.25, -0.2) is 4.68 Å². The minimum absolute atomic E-state index is 0.158. The van der Waals surface area contributed by atoms with Gasteiger partial charge in [0.25, 0.3) is 11.9 Å². The molecule has 0 aliphatic carbocycles. The highest BCUT2D eigenvalue weighted by Gasteiger charge is 2.25. The summed E-state index contributed by atoms with van der Waals surface area (Å²) in [6.45, 7) is 0. The molecule has 2 N–H and O–H groups in total. The zero-order valence-electron chi connectivity index (χ0n) is 15.9. The van der Waals surface area contributed by atoms with E-state index in [2.05, 4.69) is 43.9 Å². The summed E-state index contributed by atoms with van der Waals surface area (Å²) in [5.41, 5.74) is 3.51. The largest absolute Gasteiger partial charge is 0.324 e. The number of hydrogen-bond donors (Lipinski definition) is 2. The molecule has 7 heteroatoms. The third-order valence-corrected chi connectivity index (χ3v) is 4.84. The fourth-order valence-corrected chi connectivity index (χ4v) is 3.39. The second-order valence-corrected chi connectivity index (χ2v) is 6.83. The predicted molar refractivity (Wildman–Crippen MR) is 115 cm³/mol. The minimum Gasteiger partial charge on any atom is -0.324 e. The molecule has 1 atom stereocenters. The van der Waals surface area contributed by atoms with Crippen molar-refractivity contribution in [3.05, 3.63) is 108 Å². The fraction of sp³-hybridized carbons (Fsp3) is 0.0435. The summed E-state index contributed by atoms with van der Waals surface area (Å²) in [7, 11) is 0. The van der Waals surface area contributed by atoms with Crippen molar-refractivity contribution in [3.8, 4) is 0 Å². The highest BCUT2D eigenvalue weighted by Crippen LogP contribution is 2.33. The average molecular weight is 394 g/mol. The molecule has 3 heterocycles. The van der Waals surface area contributed by atoms with Gasteiger partial charge in [0.1, 0.15) is 6.04 Å². The van der Waals surface area contributed by atoms with Crippen LogP contribution in [0, 0.1) is 0 Å². The van der Waals surface area contributed by atoms with E-state index in [0.29, 0.717) is 11.5 Å². The fourth-order valence-electron chi connectivity index (χ4n) is 3.39. The second-order valence-electron chi connectivity index (χ2n) is 6.83. The quantitative estimate of drug-likeness (QED) is 0.547. The average Bonchev–Trinajstić information content (AvgIpc) is 3.22. The van der Waals surface area contributed by atoms with Gasteiger partial charge in [-0.15, -0.1) is 5.10 Å². The summed E-state index contributed by atoms with van der Waals surface area (Å²) in [6, 6.07) is 23.4. The highest BCUT2D eigenvalue weighted by molar-refractivity contribution is 6.03. The molecule has 4 aromatic rings. The van der Waals surface area contributed by atoms with Crippen LogP contribution in [0.15, 0.2) is 91.3 Å². The molecule has 2 aromatic carbocycles. The third-order valence-electron chi connectivity index (χ3n) is 4.84. The maximum absolute atomic E-state index is 12.5. The Bertz CT molecular complexity index is 1200. The Morgan fingerprint density at radius 2 is 1.73 bits per heavy atom. The van der Waals surface area contributed by atoms with E-state index in [9.17, 15) is 4.79 Å². The first-order chi connectivity index (χ1) is 14.8. The lowest BCUT2D eigenvalue weighted by molar-refractivity contribution is 0.102. The Morgan fingerprint density at radius 1 is 0.967 bits per heavy atom. The molecule has 7 nitrogen and oxygen atoms in total. The van der Waals surface area contributed by atoms with Gasteiger partial charge in [-0.2, -0.15) is 4.98 Å². The molecule has 1 aliphatic heterocycles. The Balaban J connectivity index is 1.51. The zero-order chi connectivity index (χ0) is 20.3. The molecule has 5 rings (SSSR count). The van der Waals surface area contributed by atoms with E-state index >= 15 is 0 Å². The summed E-state index contributed by atoms with van der Waals surface area (Å²) in [6.07, 6.45) is 5.24. The summed E-state index contributed by atoms with van der Waals surface area (Å²) >= 11 is 0. The maximum Gasteiger partial charge on any atom is 0.259 e. The van der Waals surface area contributed by atoms with E-state index in [-0.39, 0.29) is 17.9 Å². The summed E-state index contributed by atoms with van der Waals surface area (Å²) in [5.74, 6) is 0.486. The zero-order valence-corrected chi connectivity index (χ0v) is 15.9. The number of rotatable bonds is 4. The van der Waals surface area contributed by atoms with Crippen LogP contribution in [0.1, 0.15) is 27.5 Å². The van der Waals surface area contributed by atoms with Crippen molar-refractivity contribution in [2.75, 3.05) is 10.6 Å². The Kier molecular flexibility index (Phi) is 4.53. The van der Waals surface area contributed by atoms with Crippen LogP contribution in [0.4, 0.5) is 11.9 Å². The number of benzene rings is 2. The molecule has 0 saturated carbocycles. The van der Waals surface area contributed by atoms with Gasteiger partial charge in [-0.3, -0.25) is 15.1 Å². The maximum atomic E-state index is 12.5. The van der Waals surface area contributed by atoms with Gasteiger partial charge in [0.05, 0.1) is 5.56 Å². The molecule has 0 spiro atoms. The number of pyridine rings is 1. The molecule has 146 valence electrons. The third kappa shape index (κ3) is 3.44. The lowest BCUT2D eigenvalue weighted by atomic mass is 10.0. The second kappa shape index (κ2) is 7.63. The van der Waals surface area contributed by atoms with Crippen molar-refractivity contribution in [1.82, 2.24) is 19.7 Å². The van der Waals surface area contributed by atoms with Crippen LogP contribution >= 0.6 is 0 Å². The van der Waals surface area contributed by atoms with E-state index in [4.69, 9.17) is 0 Å². The topological polar surface area (TPSA) is 84.7 Å². The van der Waals surface area contributed by atoms with Crippen LogP contribution in [0.5, 0.6) is 0 Å². The molecule has 1 aliphatic rings. The van der Waals surface area contributed by atoms with Crippen LogP contribution in [-0.4, -0.2) is 25.7 Å². The van der Waals surface area contributed by atoms with E-state index < -0.39 is 0 Å². The lowest BCUT2D eigenvalue weighted by Gasteiger charge is -2.24. The summed E-state index contributed by atoms with van der Waals surface area (Å²) in [4.78, 5) is 21.0. The molecule has 0 bridgehead atoms. The van der Waals surface area contributed by atoms with Gasteiger partial charge in [0, 0.05) is 18.1 Å². The number of allylic oxidation sites excluding steroid dienone is 1. The van der Waals surface area contributed by atoms with Crippen LogP contribution in [-0.2, 0) is 0 Å². The number of nitrogens with zero attached hydrogens (tertiary/aromatic N) is 4. The van der Waals surface area contributed by atoms with Gasteiger partial charge in [0.15, 0.2) is 0 Å². The van der Waals surface area contributed by atoms with Gasteiger partial charge in [-0.1, -0.05) is 60.7 Å². The van der Waals surface area contributed by atoms with Crippen LogP contribution in [0.25, 0.3) is 5.70 Å². The monoisotopic (exact) mass is 394 g/mol. The normalized spacial score (nSPS) is 14.9. The number of hydrogen-bond acceptors (Lipinski definition) is 5. The number of carbonyl (C=O) groups excluding carboxylic acids is 1. The van der Waals surface area contributed by atoms with E-state index in [1.165, 1.54) is 6.20 Å². The predicted octanol–water partition coefficient (Wildman–Crippen LogP) is 3.98. The molecule has 0 unspecified atom stereocenters. The van der Waals surface area contributed by atoms with Crippen molar-refractivity contribution < 1.29 is 4.79 Å². The number of aromatic nitrogens is 4. The lowest BCUT2D eigenvalue weighted by Crippen LogP contribution is -2.20. The minimum atomic E-state index is -0.307. The van der Waals surface area contributed by atoms with Gasteiger partial charge < -0.3 is 5.32 Å². The number of carbonyl (C=O) groups is 1. The molecule has 30 heavy (non-hydrogen) atoms. The number of fused-ring (bicyclic) bond motifs is 1. The molecular weight excluding hydrogens is 376 g/mol. The first kappa shape index (κ1) is 17.8. The van der Waals surface area contributed by atoms with Crippen molar-refractivity contribution in [1.29, 1.82) is 0 Å². The smallest absolute Gasteiger partial charge is 0.259 e. The highest BCUT2D eigenvalue weighted by atomic mass is 16.1. The van der Waals surface area contributed by atoms with Crippen LogP contribution < -0.4 is 10.6 Å². The van der Waals surface area contributed by atoms with Crippen LogP contribution in [0.3, 0.4) is 0 Å². The molecule has 2 aromatic heterocycles. The van der Waals surface area contributed by atoms with Crippen molar-refractivity contribution in [2.24, 2.45) is 0 Å². The first-order valence-corrected chi connectivity index (χ1v) is 9.55. The van der Waals surface area contributed by atoms with E-state index in [1.807, 2.05) is 48.5 Å². The number of amides is 1. The summed E-state index contributed by atoms with van der Waals surface area (Å²) < 4.78 is 1.78. The molecule has 0 radical (unpaired) electrons. The first-order valence-electron chi connectivity index (χ1n) is 9.55. The van der Waals surface area contributed by atoms with Crippen molar-refractivity contribution >= 4 is 23.5 Å². The van der Waals surface area contributed by atoms with Crippen molar-refractivity contribution in [2.45, 2.75) is 6.04 Å². The van der Waals surface area contributed by atoms with Gasteiger partial charge >= 0.3 is 0 Å². The molecule has 1 amide bonds. The van der Waals surface area contributed by atoms with Gasteiger partial charge in [0.2, 0.25) is 5.95 Å². The number of anilines is 2. The Hall–Kier alpha value is -4.26. The SMILES string of the molecule is O=C(Nc1nc2n(n1)[C@H](c1ccccc1)C=C(c1ccccc1)N2)c1cccnc1. The Morgan fingerprint density at radius 3 is 2.47 bits per heavy atom. The standard InChI is InChI=1S/C23H18N6O/c30-21(18-12-7-13-24-15-18)26-22-27-23-25-19(16-8-3-1-4-9-16)14-20(29(23)28-22)17-10-5-2-6-11-17/h1-15,20H,(H2,25,26,27,28,30)/t20-/m0/s1. The molecule has 0 fully saturated rings. The van der Waals surface area contributed by atoms with Crippen molar-refractivity contribution in [3.63, 3.8) is 0 Å². The summed E-state index contributed by atoms with van der Waals surface area (Å²) in [5, 5.41) is 10.6. The van der Waals surface area contributed by atoms with E-state index in [0.717, 1.165) is 16.8 Å². The molecule has 0 saturated heterocycles.